The molecule has 3 fully saturated rings. The van der Waals surface area contributed by atoms with Crippen molar-refractivity contribution in [1.82, 2.24) is 4.90 Å². The first-order valence-electron chi connectivity index (χ1n) is 20.7. The normalized spacial score (nSPS) is 41.6. The molecule has 318 valence electrons. The summed E-state index contributed by atoms with van der Waals surface area (Å²) in [6.45, 7) is 11.3. The van der Waals surface area contributed by atoms with Gasteiger partial charge in [0.15, 0.2) is 0 Å². The fourth-order valence-corrected chi connectivity index (χ4v) is 9.69. The van der Waals surface area contributed by atoms with Crippen LogP contribution in [0.2, 0.25) is 0 Å². The molecule has 3 heterocycles. The zero-order valence-electron chi connectivity index (χ0n) is 35.0. The Morgan fingerprint density at radius 2 is 1.62 bits per heavy atom. The highest BCUT2D eigenvalue weighted by Gasteiger charge is 2.56. The van der Waals surface area contributed by atoms with Crippen LogP contribution in [0.25, 0.3) is 0 Å². The fourth-order valence-electron chi connectivity index (χ4n) is 9.36. The van der Waals surface area contributed by atoms with Gasteiger partial charge < -0.3 is 38.8 Å². The van der Waals surface area contributed by atoms with E-state index < -0.39 is 77.8 Å². The number of ketones is 2. The summed E-state index contributed by atoms with van der Waals surface area (Å²) in [6.07, 6.45) is 5.16. The molecule has 1 amide bonds. The zero-order chi connectivity index (χ0) is 41.5. The van der Waals surface area contributed by atoms with Crippen molar-refractivity contribution < 1.29 is 53.1 Å². The van der Waals surface area contributed by atoms with Crippen LogP contribution in [0.1, 0.15) is 112 Å². The summed E-state index contributed by atoms with van der Waals surface area (Å²) in [6, 6.07) is -1.12. The summed E-state index contributed by atoms with van der Waals surface area (Å²) in [7, 11) is 4.71. The number of methoxy groups -OCH3 is 3. The minimum Gasteiger partial charge on any atom is -0.456 e. The lowest BCUT2D eigenvalue weighted by molar-refractivity contribution is -0.302. The maximum atomic E-state index is 14.3. The zero-order valence-corrected chi connectivity index (χ0v) is 35.8. The molecule has 1 aliphatic carbocycles. The Morgan fingerprint density at radius 3 is 2.27 bits per heavy atom. The van der Waals surface area contributed by atoms with E-state index in [-0.39, 0.29) is 54.9 Å². The Labute approximate surface area is 339 Å². The predicted molar refractivity (Wildman–Crippen MR) is 212 cm³/mol. The molecule has 2 saturated heterocycles. The van der Waals surface area contributed by atoms with Crippen LogP contribution in [0, 0.1) is 29.6 Å². The minimum absolute atomic E-state index is 0.0425. The van der Waals surface area contributed by atoms with E-state index in [0.29, 0.717) is 44.1 Å². The molecule has 0 spiro atoms. The molecule has 3 aliphatic heterocycles. The van der Waals surface area contributed by atoms with Gasteiger partial charge in [-0.1, -0.05) is 45.4 Å². The smallest absolute Gasteiger partial charge is 0.329 e. The Morgan fingerprint density at radius 1 is 0.964 bits per heavy atom. The molecule has 2 N–H and O–H groups in total. The number of amides is 1. The number of rotatable bonds is 6. The largest absolute Gasteiger partial charge is 0.456 e. The molecule has 2 bridgehead atoms. The van der Waals surface area contributed by atoms with Gasteiger partial charge in [-0.3, -0.25) is 14.4 Å². The number of hydrogen-bond acceptors (Lipinski definition) is 11. The lowest BCUT2D eigenvalue weighted by atomic mass is 9.82. The second-order valence-electron chi connectivity index (χ2n) is 17.1. The van der Waals surface area contributed by atoms with Gasteiger partial charge in [0, 0.05) is 52.0 Å². The minimum atomic E-state index is -2.49. The number of aliphatic hydroxyl groups is 2. The number of hydrogen-bond donors (Lipinski definition) is 2. The van der Waals surface area contributed by atoms with Gasteiger partial charge in [-0.2, -0.15) is 0 Å². The first kappa shape index (κ1) is 46.5. The Hall–Kier alpha value is -2.19. The van der Waals surface area contributed by atoms with E-state index in [1.54, 1.807) is 21.0 Å². The summed E-state index contributed by atoms with van der Waals surface area (Å²) < 4.78 is 29.9. The summed E-state index contributed by atoms with van der Waals surface area (Å²) >= 11 is 6.52. The van der Waals surface area contributed by atoms with Crippen LogP contribution in [0.5, 0.6) is 0 Å². The fraction of sp³-hybridized carbons (Fsp3) is 0.814. The predicted octanol–water partition coefficient (Wildman–Crippen LogP) is 5.72. The van der Waals surface area contributed by atoms with Gasteiger partial charge in [-0.25, -0.2) is 4.79 Å². The quantitative estimate of drug-likeness (QED) is 0.146. The maximum absolute atomic E-state index is 14.3. The number of nitrogens with zero attached hydrogens (tertiary/aromatic N) is 1. The number of alkyl halides is 1. The molecule has 1 saturated carbocycles. The van der Waals surface area contributed by atoms with Gasteiger partial charge >= 0.3 is 5.97 Å². The molecule has 56 heavy (non-hydrogen) atoms. The van der Waals surface area contributed by atoms with E-state index >= 15 is 0 Å². The number of carbonyl (C=O) groups is 4. The van der Waals surface area contributed by atoms with Crippen molar-refractivity contribution in [1.29, 1.82) is 0 Å². The van der Waals surface area contributed by atoms with Crippen molar-refractivity contribution in [3.8, 4) is 0 Å². The molecule has 12 nitrogen and oxygen atoms in total. The number of cyclic esters (lactones) is 1. The third kappa shape index (κ3) is 10.9. The van der Waals surface area contributed by atoms with E-state index in [9.17, 15) is 29.4 Å². The Balaban J connectivity index is 1.76. The SMILES string of the molecule is CC[C@H]1/C=C(\C)C[C@@H](C)C[C@H](OC)[C@H]2O[C@@](O)(C(=O)C(=O)N3CCCC[C@H]3C(=O)O[C@H](/C(C)=C/[C@@H]3CC[C@H](Cl)[C@H](OC)C3)[C@H](C)[C@@H](O)CC1=O)[C@H](C)C[C@@H]2OC. The van der Waals surface area contributed by atoms with E-state index in [2.05, 4.69) is 6.92 Å². The topological polar surface area (TPSA) is 158 Å². The van der Waals surface area contributed by atoms with Crippen molar-refractivity contribution in [3.63, 3.8) is 0 Å². The van der Waals surface area contributed by atoms with Gasteiger partial charge in [0.25, 0.3) is 11.7 Å². The van der Waals surface area contributed by atoms with Crippen LogP contribution in [-0.2, 0) is 42.9 Å². The number of halogens is 1. The molecular weight excluding hydrogens is 742 g/mol. The van der Waals surface area contributed by atoms with Crippen molar-refractivity contribution in [2.75, 3.05) is 27.9 Å². The number of Topliss-reactive ketones (excluding diaryl/α,β-unsaturated/α-hetero) is 2. The number of piperidine rings is 1. The second kappa shape index (κ2) is 20.7. The highest BCUT2D eigenvalue weighted by Crippen LogP contribution is 2.39. The molecule has 0 aromatic rings. The van der Waals surface area contributed by atoms with Crippen molar-refractivity contribution in [2.24, 2.45) is 29.6 Å². The molecule has 4 rings (SSSR count). The number of esters is 1. The average Bonchev–Trinajstić information content (AvgIpc) is 3.18. The van der Waals surface area contributed by atoms with Crippen molar-refractivity contribution in [2.45, 2.75) is 166 Å². The number of carbonyl (C=O) groups excluding carboxylic acids is 4. The van der Waals surface area contributed by atoms with Gasteiger partial charge in [0.2, 0.25) is 5.79 Å². The van der Waals surface area contributed by atoms with Crippen LogP contribution in [0.3, 0.4) is 0 Å². The summed E-state index contributed by atoms with van der Waals surface area (Å²) in [5, 5.41) is 23.6. The van der Waals surface area contributed by atoms with E-state index in [4.69, 9.17) is 35.3 Å². The third-order valence-corrected chi connectivity index (χ3v) is 13.3. The lowest BCUT2D eigenvalue weighted by Crippen LogP contribution is -2.64. The molecule has 13 heteroatoms. The van der Waals surface area contributed by atoms with Crippen LogP contribution < -0.4 is 0 Å². The summed E-state index contributed by atoms with van der Waals surface area (Å²) in [5.41, 5.74) is 1.71. The Kier molecular flexibility index (Phi) is 17.2. The maximum Gasteiger partial charge on any atom is 0.329 e. The number of aliphatic hydroxyl groups excluding tert-OH is 1. The molecule has 0 unspecified atom stereocenters. The van der Waals surface area contributed by atoms with Crippen molar-refractivity contribution in [3.05, 3.63) is 23.3 Å². The van der Waals surface area contributed by atoms with E-state index in [0.717, 1.165) is 18.4 Å². The van der Waals surface area contributed by atoms with Crippen molar-refractivity contribution >= 4 is 35.0 Å². The number of ether oxygens (including phenoxy) is 5. The molecule has 0 radical (unpaired) electrons. The van der Waals surface area contributed by atoms with Gasteiger partial charge in [-0.15, -0.1) is 11.6 Å². The molecule has 4 aliphatic rings. The van der Waals surface area contributed by atoms with Gasteiger partial charge in [-0.05, 0) is 95.5 Å². The highest BCUT2D eigenvalue weighted by molar-refractivity contribution is 6.39. The third-order valence-electron chi connectivity index (χ3n) is 12.8. The number of allylic oxidation sites excluding steroid dienone is 3. The molecular formula is C43H68ClNO11. The molecule has 0 aromatic carbocycles. The van der Waals surface area contributed by atoms with Crippen LogP contribution in [0.4, 0.5) is 0 Å². The summed E-state index contributed by atoms with van der Waals surface area (Å²) in [5.74, 6) is -7.31. The molecule has 0 aromatic heterocycles. The average molecular weight is 810 g/mol. The van der Waals surface area contributed by atoms with Gasteiger partial charge in [0.05, 0.1) is 29.8 Å². The second-order valence-corrected chi connectivity index (χ2v) is 17.7. The van der Waals surface area contributed by atoms with E-state index in [1.165, 1.54) is 19.1 Å². The van der Waals surface area contributed by atoms with E-state index in [1.807, 2.05) is 32.9 Å². The van der Waals surface area contributed by atoms with Gasteiger partial charge in [0.1, 0.15) is 24.0 Å². The first-order valence-corrected chi connectivity index (χ1v) is 21.2. The van der Waals surface area contributed by atoms with Crippen LogP contribution in [-0.4, -0.2) is 120 Å². The lowest BCUT2D eigenvalue weighted by Gasteiger charge is -2.47. The standard InChI is InChI=1S/C43H68ClNO11/c1-10-30-18-24(2)17-25(3)19-36(53-8)39-37(54-9)21-27(5)43(51,56-39)40(48)41(49)45-16-12-11-13-32(45)42(50)55-38(28(6)33(46)23-34(30)47)26(4)20-29-14-15-31(44)35(22-29)52-7/h18,20,25,27-33,35-39,46,51H,10-17,19,21-23H2,1-9H3/b24-18+,26-20+/t25-,27-,28-,29+,30+,31+,32+,33+,35-,36+,37+,38-,39-,43-/m1/s1. The monoisotopic (exact) mass is 809 g/mol. The summed E-state index contributed by atoms with van der Waals surface area (Å²) in [4.78, 5) is 57.7. The van der Waals surface area contributed by atoms with Crippen LogP contribution >= 0.6 is 11.6 Å². The number of fused-ring (bicyclic) bond motifs is 3. The Bertz CT molecular complexity index is 1440. The molecule has 14 atom stereocenters. The van der Waals surface area contributed by atoms with Crippen LogP contribution in [0.15, 0.2) is 23.3 Å². The first-order chi connectivity index (χ1) is 26.5. The highest BCUT2D eigenvalue weighted by atomic mass is 35.5.